The van der Waals surface area contributed by atoms with E-state index in [9.17, 15) is 4.39 Å². The number of allylic oxidation sites excluding steroid dienone is 1. The van der Waals surface area contributed by atoms with Crippen molar-refractivity contribution in [1.29, 1.82) is 0 Å². The smallest absolute Gasteiger partial charge is 0.147 e. The Morgan fingerprint density at radius 2 is 2.29 bits per heavy atom. The highest BCUT2D eigenvalue weighted by Gasteiger charge is 2.22. The lowest BCUT2D eigenvalue weighted by atomic mass is 10.0. The van der Waals surface area contributed by atoms with Crippen LogP contribution in [0.25, 0.3) is 0 Å². The minimum atomic E-state index is -0.386. The van der Waals surface area contributed by atoms with Gasteiger partial charge in [-0.2, -0.15) is 0 Å². The Balaban J connectivity index is 2.34. The van der Waals surface area contributed by atoms with Crippen LogP contribution in [0.5, 0.6) is 0 Å². The summed E-state index contributed by atoms with van der Waals surface area (Å²) in [4.78, 5) is 0. The molecule has 0 saturated heterocycles. The number of rotatable bonds is 3. The second-order valence-electron chi connectivity index (χ2n) is 3.96. The molecule has 1 atom stereocenters. The molecule has 1 unspecified atom stereocenters. The molecule has 0 radical (unpaired) electrons. The van der Waals surface area contributed by atoms with Crippen molar-refractivity contribution in [2.75, 3.05) is 13.7 Å². The molecule has 2 nitrogen and oxygen atoms in total. The van der Waals surface area contributed by atoms with Gasteiger partial charge >= 0.3 is 0 Å². The summed E-state index contributed by atoms with van der Waals surface area (Å²) in [6.07, 6.45) is 3.98. The molecule has 4 heteroatoms. The predicted octanol–water partition coefficient (Wildman–Crippen LogP) is 3.43. The van der Waals surface area contributed by atoms with Gasteiger partial charge in [0.1, 0.15) is 11.6 Å². The molecule has 0 aromatic heterocycles. The van der Waals surface area contributed by atoms with Crippen molar-refractivity contribution in [3.8, 4) is 0 Å². The van der Waals surface area contributed by atoms with Crippen molar-refractivity contribution in [3.05, 3.63) is 46.4 Å². The van der Waals surface area contributed by atoms with E-state index in [-0.39, 0.29) is 16.9 Å². The lowest BCUT2D eigenvalue weighted by Crippen LogP contribution is -2.23. The standard InChI is InChI=1S/C13H15ClFNO/c1-16-13(11-7-2-3-8-17-11)9-5-4-6-10(14)12(9)15/h4-7,13,16H,2-3,8H2,1H3. The first-order valence-corrected chi connectivity index (χ1v) is 6.06. The molecule has 1 aliphatic rings. The Hall–Kier alpha value is -1.06. The van der Waals surface area contributed by atoms with Crippen LogP contribution in [0, 0.1) is 5.82 Å². The minimum absolute atomic E-state index is 0.138. The summed E-state index contributed by atoms with van der Waals surface area (Å²) in [5, 5.41) is 3.20. The van der Waals surface area contributed by atoms with E-state index in [2.05, 4.69) is 5.32 Å². The maximum Gasteiger partial charge on any atom is 0.147 e. The lowest BCUT2D eigenvalue weighted by Gasteiger charge is -2.24. The highest BCUT2D eigenvalue weighted by Crippen LogP contribution is 2.30. The lowest BCUT2D eigenvalue weighted by molar-refractivity contribution is 0.169. The molecule has 1 heterocycles. The molecule has 1 N–H and O–H groups in total. The first-order chi connectivity index (χ1) is 8.24. The zero-order valence-corrected chi connectivity index (χ0v) is 10.4. The van der Waals surface area contributed by atoms with E-state index in [0.717, 1.165) is 18.6 Å². The van der Waals surface area contributed by atoms with Crippen LogP contribution < -0.4 is 5.32 Å². The van der Waals surface area contributed by atoms with Gasteiger partial charge in [0.2, 0.25) is 0 Å². The molecular formula is C13H15ClFNO. The molecule has 1 aromatic rings. The maximum absolute atomic E-state index is 13.9. The molecule has 0 aliphatic carbocycles. The summed E-state index contributed by atoms with van der Waals surface area (Å²) < 4.78 is 19.5. The fraction of sp³-hybridized carbons (Fsp3) is 0.385. The third-order valence-electron chi connectivity index (χ3n) is 2.83. The first-order valence-electron chi connectivity index (χ1n) is 5.68. The topological polar surface area (TPSA) is 21.3 Å². The van der Waals surface area contributed by atoms with Crippen molar-refractivity contribution < 1.29 is 9.13 Å². The molecule has 2 rings (SSSR count). The van der Waals surface area contributed by atoms with Crippen molar-refractivity contribution >= 4 is 11.6 Å². The highest BCUT2D eigenvalue weighted by atomic mass is 35.5. The summed E-state index contributed by atoms with van der Waals surface area (Å²) in [5.74, 6) is 0.392. The van der Waals surface area contributed by atoms with Gasteiger partial charge in [0.25, 0.3) is 0 Å². The van der Waals surface area contributed by atoms with Crippen LogP contribution in [0.1, 0.15) is 24.4 Å². The average Bonchev–Trinajstić information content (AvgIpc) is 2.37. The second kappa shape index (κ2) is 5.52. The quantitative estimate of drug-likeness (QED) is 0.894. The molecule has 0 amide bonds. The van der Waals surface area contributed by atoms with Crippen LogP contribution in [0.2, 0.25) is 5.02 Å². The molecule has 0 bridgehead atoms. The summed E-state index contributed by atoms with van der Waals surface area (Å²) in [5.41, 5.74) is 0.521. The van der Waals surface area contributed by atoms with E-state index in [0.29, 0.717) is 12.2 Å². The molecule has 92 valence electrons. The van der Waals surface area contributed by atoms with E-state index in [4.69, 9.17) is 16.3 Å². The van der Waals surface area contributed by atoms with Gasteiger partial charge in [0.15, 0.2) is 0 Å². The number of likely N-dealkylation sites (N-methyl/N-ethyl adjacent to an activating group) is 1. The Labute approximate surface area is 105 Å². The first kappa shape index (κ1) is 12.4. The fourth-order valence-corrected chi connectivity index (χ4v) is 2.15. The van der Waals surface area contributed by atoms with Gasteiger partial charge in [0.05, 0.1) is 17.7 Å². The molecule has 1 aromatic carbocycles. The summed E-state index contributed by atoms with van der Waals surface area (Å²) in [6.45, 7) is 0.687. The van der Waals surface area contributed by atoms with Gasteiger partial charge in [-0.25, -0.2) is 4.39 Å². The third kappa shape index (κ3) is 2.61. The molecule has 0 saturated carbocycles. The van der Waals surface area contributed by atoms with E-state index in [1.807, 2.05) is 6.08 Å². The zero-order valence-electron chi connectivity index (χ0n) is 9.67. The van der Waals surface area contributed by atoms with Crippen LogP contribution in [0.15, 0.2) is 30.0 Å². The van der Waals surface area contributed by atoms with Crippen LogP contribution in [-0.2, 0) is 4.74 Å². The van der Waals surface area contributed by atoms with Crippen molar-refractivity contribution in [3.63, 3.8) is 0 Å². The Morgan fingerprint density at radius 1 is 1.47 bits per heavy atom. The monoisotopic (exact) mass is 255 g/mol. The number of halogens is 2. The number of ether oxygens (including phenoxy) is 1. The second-order valence-corrected chi connectivity index (χ2v) is 4.37. The largest absolute Gasteiger partial charge is 0.496 e. The normalized spacial score (nSPS) is 17.2. The summed E-state index contributed by atoms with van der Waals surface area (Å²) >= 11 is 5.79. The summed E-state index contributed by atoms with van der Waals surface area (Å²) in [7, 11) is 1.78. The van der Waals surface area contributed by atoms with Crippen LogP contribution >= 0.6 is 11.6 Å². The van der Waals surface area contributed by atoms with E-state index in [1.165, 1.54) is 0 Å². The van der Waals surface area contributed by atoms with Gasteiger partial charge in [-0.3, -0.25) is 0 Å². The average molecular weight is 256 g/mol. The van der Waals surface area contributed by atoms with Crippen molar-refractivity contribution in [2.45, 2.75) is 18.9 Å². The van der Waals surface area contributed by atoms with Gasteiger partial charge in [0, 0.05) is 5.56 Å². The Kier molecular flexibility index (Phi) is 4.02. The molecule has 17 heavy (non-hydrogen) atoms. The fourth-order valence-electron chi connectivity index (χ4n) is 1.97. The van der Waals surface area contributed by atoms with Crippen LogP contribution in [-0.4, -0.2) is 13.7 Å². The van der Waals surface area contributed by atoms with Crippen LogP contribution in [0.4, 0.5) is 4.39 Å². The number of benzene rings is 1. The van der Waals surface area contributed by atoms with Gasteiger partial charge < -0.3 is 10.1 Å². The minimum Gasteiger partial charge on any atom is -0.496 e. The van der Waals surface area contributed by atoms with Crippen molar-refractivity contribution in [2.24, 2.45) is 0 Å². The Bertz CT molecular complexity index is 433. The van der Waals surface area contributed by atoms with Crippen molar-refractivity contribution in [1.82, 2.24) is 5.32 Å². The molecule has 0 spiro atoms. The van der Waals surface area contributed by atoms with Gasteiger partial charge in [-0.05, 0) is 32.0 Å². The maximum atomic E-state index is 13.9. The molecular weight excluding hydrogens is 241 g/mol. The van der Waals surface area contributed by atoms with E-state index in [1.54, 1.807) is 25.2 Å². The Morgan fingerprint density at radius 3 is 2.94 bits per heavy atom. The number of hydrogen-bond acceptors (Lipinski definition) is 2. The highest BCUT2D eigenvalue weighted by molar-refractivity contribution is 6.30. The zero-order chi connectivity index (χ0) is 12.3. The molecule has 0 fully saturated rings. The van der Waals surface area contributed by atoms with E-state index >= 15 is 0 Å². The summed E-state index contributed by atoms with van der Waals surface area (Å²) in [6, 6.07) is 4.74. The van der Waals surface area contributed by atoms with Gasteiger partial charge in [-0.1, -0.05) is 23.7 Å². The number of hydrogen-bond donors (Lipinski definition) is 1. The van der Waals surface area contributed by atoms with E-state index < -0.39 is 0 Å². The van der Waals surface area contributed by atoms with Crippen LogP contribution in [0.3, 0.4) is 0 Å². The third-order valence-corrected chi connectivity index (χ3v) is 3.12. The molecule has 1 aliphatic heterocycles. The SMILES string of the molecule is CNC(C1=CCCCO1)c1cccc(Cl)c1F. The number of nitrogens with one attached hydrogen (secondary N) is 1. The predicted molar refractivity (Wildman–Crippen MR) is 66.5 cm³/mol. The van der Waals surface area contributed by atoms with Gasteiger partial charge in [-0.15, -0.1) is 0 Å².